The molecule has 0 radical (unpaired) electrons. The van der Waals surface area contributed by atoms with Crippen molar-refractivity contribution in [2.24, 2.45) is 0 Å². The van der Waals surface area contributed by atoms with Gasteiger partial charge in [-0.3, -0.25) is 0 Å². The fraction of sp³-hybridized carbons (Fsp3) is 0.429. The van der Waals surface area contributed by atoms with Crippen LogP contribution in [0, 0.1) is 0 Å². The summed E-state index contributed by atoms with van der Waals surface area (Å²) in [5, 5.41) is -0.689. The molecule has 0 fully saturated rings. The molecule has 0 N–H and O–H groups in total. The van der Waals surface area contributed by atoms with Gasteiger partial charge < -0.3 is 4.74 Å². The summed E-state index contributed by atoms with van der Waals surface area (Å²) in [5.74, 6) is -1.03. The lowest BCUT2D eigenvalue weighted by molar-refractivity contribution is -0.300. The Labute approximate surface area is 95.4 Å². The van der Waals surface area contributed by atoms with Gasteiger partial charge in [-0.2, -0.15) is 26.3 Å². The van der Waals surface area contributed by atoms with Crippen molar-refractivity contribution in [1.29, 1.82) is 0 Å². The van der Waals surface area contributed by atoms with E-state index in [1.165, 1.54) is 0 Å². The van der Waals surface area contributed by atoms with Crippen LogP contribution in [0.5, 0.6) is 5.88 Å². The zero-order valence-electron chi connectivity index (χ0n) is 7.68. The first kappa shape index (κ1) is 13.8. The highest BCUT2D eigenvalue weighted by Gasteiger charge is 2.59. The highest BCUT2D eigenvalue weighted by Crippen LogP contribution is 2.36. The first-order valence-corrected chi connectivity index (χ1v) is 4.26. The molecule has 10 heteroatoms. The summed E-state index contributed by atoms with van der Waals surface area (Å²) in [7, 11) is 0. The van der Waals surface area contributed by atoms with Crippen molar-refractivity contribution in [1.82, 2.24) is 9.97 Å². The third-order valence-electron chi connectivity index (χ3n) is 1.45. The van der Waals surface area contributed by atoms with E-state index in [0.717, 1.165) is 12.4 Å². The summed E-state index contributed by atoms with van der Waals surface area (Å²) in [6.07, 6.45) is -13.4. The van der Waals surface area contributed by atoms with Crippen LogP contribution in [-0.4, -0.2) is 28.4 Å². The number of alkyl halides is 6. The van der Waals surface area contributed by atoms with Crippen LogP contribution in [0.2, 0.25) is 5.15 Å². The van der Waals surface area contributed by atoms with Crippen molar-refractivity contribution in [2.75, 3.05) is 0 Å². The number of nitrogens with zero attached hydrogens (tertiary/aromatic N) is 2. The molecular formula is C7H3ClF6N2O. The zero-order valence-corrected chi connectivity index (χ0v) is 8.44. The lowest BCUT2D eigenvalue weighted by atomic mass is 10.3. The molecule has 0 saturated carbocycles. The second-order valence-corrected chi connectivity index (χ2v) is 3.09. The Kier molecular flexibility index (Phi) is 3.70. The van der Waals surface area contributed by atoms with Gasteiger partial charge >= 0.3 is 12.4 Å². The van der Waals surface area contributed by atoms with E-state index in [2.05, 4.69) is 14.7 Å². The molecule has 0 aliphatic rings. The number of rotatable bonds is 2. The van der Waals surface area contributed by atoms with E-state index in [1.54, 1.807) is 0 Å². The van der Waals surface area contributed by atoms with Crippen LogP contribution >= 0.6 is 11.6 Å². The molecule has 1 heterocycles. The molecule has 1 aromatic heterocycles. The van der Waals surface area contributed by atoms with Gasteiger partial charge in [-0.1, -0.05) is 11.6 Å². The van der Waals surface area contributed by atoms with E-state index >= 15 is 0 Å². The maximum atomic E-state index is 12.1. The Morgan fingerprint density at radius 1 is 1.00 bits per heavy atom. The van der Waals surface area contributed by atoms with Crippen molar-refractivity contribution in [3.8, 4) is 5.88 Å². The zero-order chi connectivity index (χ0) is 13.3. The SMILES string of the molecule is FC(F)(F)C(Oc1nccnc1Cl)C(F)(F)F. The largest absolute Gasteiger partial charge is 0.453 e. The highest BCUT2D eigenvalue weighted by atomic mass is 35.5. The molecule has 0 bridgehead atoms. The minimum atomic E-state index is -5.63. The first-order valence-electron chi connectivity index (χ1n) is 3.89. The Hall–Kier alpha value is -1.25. The van der Waals surface area contributed by atoms with Gasteiger partial charge in [0.2, 0.25) is 0 Å². The number of aromatic nitrogens is 2. The Morgan fingerprint density at radius 3 is 1.88 bits per heavy atom. The van der Waals surface area contributed by atoms with Crippen LogP contribution in [0.4, 0.5) is 26.3 Å². The van der Waals surface area contributed by atoms with Crippen LogP contribution in [0.3, 0.4) is 0 Å². The lowest BCUT2D eigenvalue weighted by Gasteiger charge is -2.23. The highest BCUT2D eigenvalue weighted by molar-refractivity contribution is 6.30. The Bertz CT molecular complexity index is 379. The smallest absolute Gasteiger partial charge is 0.434 e. The molecular weight excluding hydrogens is 278 g/mol. The van der Waals surface area contributed by atoms with Gasteiger partial charge in [-0.05, 0) is 0 Å². The maximum Gasteiger partial charge on any atom is 0.434 e. The first-order chi connectivity index (χ1) is 7.62. The fourth-order valence-electron chi connectivity index (χ4n) is 0.818. The van der Waals surface area contributed by atoms with Crippen LogP contribution in [-0.2, 0) is 0 Å². The van der Waals surface area contributed by atoms with E-state index in [-0.39, 0.29) is 0 Å². The van der Waals surface area contributed by atoms with Crippen molar-refractivity contribution >= 4 is 11.6 Å². The average Bonchev–Trinajstić information content (AvgIpc) is 2.12. The monoisotopic (exact) mass is 280 g/mol. The summed E-state index contributed by atoms with van der Waals surface area (Å²) in [6.45, 7) is 0. The predicted octanol–water partition coefficient (Wildman–Crippen LogP) is 3.00. The van der Waals surface area contributed by atoms with Crippen molar-refractivity contribution in [3.05, 3.63) is 17.5 Å². The van der Waals surface area contributed by atoms with E-state index in [1.807, 2.05) is 0 Å². The van der Waals surface area contributed by atoms with Gasteiger partial charge in [-0.15, -0.1) is 0 Å². The fourth-order valence-corrected chi connectivity index (χ4v) is 0.968. The molecule has 0 atom stereocenters. The van der Waals surface area contributed by atoms with Crippen molar-refractivity contribution in [2.45, 2.75) is 18.5 Å². The van der Waals surface area contributed by atoms with Gasteiger partial charge in [0, 0.05) is 12.4 Å². The maximum absolute atomic E-state index is 12.1. The standard InChI is InChI=1S/C7H3ClF6N2O/c8-3-4(16-2-1-15-3)17-5(6(9,10)11)7(12,13)14/h1-2,5H. The molecule has 96 valence electrons. The normalized spacial score (nSPS) is 12.9. The topological polar surface area (TPSA) is 35.0 Å². The molecule has 0 amide bonds. The minimum Gasteiger partial charge on any atom is -0.453 e. The van der Waals surface area contributed by atoms with Gasteiger partial charge in [0.25, 0.3) is 12.0 Å². The predicted molar refractivity (Wildman–Crippen MR) is 43.6 cm³/mol. The van der Waals surface area contributed by atoms with E-state index in [9.17, 15) is 26.3 Å². The quantitative estimate of drug-likeness (QED) is 0.781. The van der Waals surface area contributed by atoms with Crippen molar-refractivity contribution in [3.63, 3.8) is 0 Å². The summed E-state index contributed by atoms with van der Waals surface area (Å²) in [6, 6.07) is 0. The lowest BCUT2D eigenvalue weighted by Crippen LogP contribution is -2.46. The summed E-state index contributed by atoms with van der Waals surface area (Å²) in [5.41, 5.74) is 0. The number of hydrogen-bond acceptors (Lipinski definition) is 3. The van der Waals surface area contributed by atoms with E-state index < -0.39 is 29.5 Å². The summed E-state index contributed by atoms with van der Waals surface area (Å²) < 4.78 is 76.3. The number of halogens is 7. The molecule has 1 aromatic rings. The van der Waals surface area contributed by atoms with Crippen LogP contribution in [0.1, 0.15) is 0 Å². The molecule has 1 rings (SSSR count). The van der Waals surface area contributed by atoms with Gasteiger partial charge in [0.1, 0.15) is 0 Å². The Morgan fingerprint density at radius 2 is 1.47 bits per heavy atom. The third kappa shape index (κ3) is 3.62. The number of hydrogen-bond donors (Lipinski definition) is 0. The molecule has 0 aliphatic carbocycles. The second-order valence-electron chi connectivity index (χ2n) is 2.73. The molecule has 3 nitrogen and oxygen atoms in total. The third-order valence-corrected chi connectivity index (χ3v) is 1.71. The van der Waals surface area contributed by atoms with Crippen molar-refractivity contribution < 1.29 is 31.1 Å². The minimum absolute atomic E-state index is 0.689. The van der Waals surface area contributed by atoms with Crippen LogP contribution in [0.15, 0.2) is 12.4 Å². The Balaban J connectivity index is 3.00. The molecule has 0 saturated heterocycles. The van der Waals surface area contributed by atoms with Crippen LogP contribution < -0.4 is 4.74 Å². The molecule has 0 aliphatic heterocycles. The van der Waals surface area contributed by atoms with E-state index in [0.29, 0.717) is 0 Å². The number of ether oxygens (including phenoxy) is 1. The van der Waals surface area contributed by atoms with E-state index in [4.69, 9.17) is 11.6 Å². The molecule has 0 unspecified atom stereocenters. The van der Waals surface area contributed by atoms with Gasteiger partial charge in [-0.25, -0.2) is 9.97 Å². The average molecular weight is 281 g/mol. The van der Waals surface area contributed by atoms with Crippen LogP contribution in [0.25, 0.3) is 0 Å². The molecule has 0 aromatic carbocycles. The van der Waals surface area contributed by atoms with Gasteiger partial charge in [0.05, 0.1) is 0 Å². The van der Waals surface area contributed by atoms with Gasteiger partial charge in [0.15, 0.2) is 5.15 Å². The summed E-state index contributed by atoms with van der Waals surface area (Å²) in [4.78, 5) is 6.37. The second kappa shape index (κ2) is 4.55. The molecule has 17 heavy (non-hydrogen) atoms. The summed E-state index contributed by atoms with van der Waals surface area (Å²) >= 11 is 5.24. The molecule has 0 spiro atoms.